The van der Waals surface area contributed by atoms with Gasteiger partial charge < -0.3 is 0 Å². The van der Waals surface area contributed by atoms with Gasteiger partial charge in [-0.2, -0.15) is 4.37 Å². The zero-order chi connectivity index (χ0) is 26.4. The second kappa shape index (κ2) is 16.6. The Kier molecular flexibility index (Phi) is 14.8. The van der Waals surface area contributed by atoms with Crippen molar-refractivity contribution >= 4 is 57.1 Å². The highest BCUT2D eigenvalue weighted by Crippen LogP contribution is 2.09. The predicted octanol–water partition coefficient (Wildman–Crippen LogP) is 7.59. The van der Waals surface area contributed by atoms with E-state index in [4.69, 9.17) is 0 Å². The lowest BCUT2D eigenvalue weighted by Crippen LogP contribution is -1.70. The smallest absolute Gasteiger partial charge is 0.139 e. The van der Waals surface area contributed by atoms with Gasteiger partial charge in [-0.25, -0.2) is 19.3 Å². The van der Waals surface area contributed by atoms with Crippen LogP contribution in [0.5, 0.6) is 0 Å². The molecule has 35 heavy (non-hydrogen) atoms. The second-order valence-electron chi connectivity index (χ2n) is 7.26. The fourth-order valence-corrected chi connectivity index (χ4v) is 4.98. The van der Waals surface area contributed by atoms with Gasteiger partial charge in [0.15, 0.2) is 0 Å². The monoisotopic (exact) mass is 567 g/mol. The summed E-state index contributed by atoms with van der Waals surface area (Å²) in [6.45, 7) is 20.0. The first-order valence-corrected chi connectivity index (χ1v) is 14.7. The zero-order valence-corrected chi connectivity index (χ0v) is 26.0. The molecule has 0 atom stereocenters. The average molecular weight is 568 g/mol. The van der Waals surface area contributed by atoms with E-state index in [1.807, 2.05) is 60.9 Å². The molecule has 0 N–H and O–H groups in total. The van der Waals surface area contributed by atoms with E-state index >= 15 is 0 Å². The molecule has 0 fully saturated rings. The fourth-order valence-electron chi connectivity index (χ4n) is 2.08. The second-order valence-corrected chi connectivity index (χ2v) is 13.1. The summed E-state index contributed by atoms with van der Waals surface area (Å²) in [5, 5.41) is 15.0. The molecule has 0 saturated carbocycles. The highest BCUT2D eigenvalue weighted by Gasteiger charge is 1.90. The minimum absolute atomic E-state index is 0.877. The Bertz CT molecular complexity index is 997. The highest BCUT2D eigenvalue weighted by atomic mass is 32.1. The largest absolute Gasteiger partial charge is 0.250 e. The maximum atomic E-state index is 4.13. The van der Waals surface area contributed by atoms with E-state index in [2.05, 4.69) is 60.0 Å². The molecule has 0 aliphatic carbocycles. The molecule has 0 unspecified atom stereocenters. The Balaban J connectivity index is 0.000000219. The highest BCUT2D eigenvalue weighted by molar-refractivity contribution is 7.11. The number of aryl methyl sites for hydroxylation is 10. The first-order chi connectivity index (χ1) is 16.5. The number of rotatable bonds is 0. The number of hydrogen-bond donors (Lipinski definition) is 0. The van der Waals surface area contributed by atoms with Crippen molar-refractivity contribution in [1.82, 2.24) is 33.9 Å². The van der Waals surface area contributed by atoms with Crippen LogP contribution in [0.1, 0.15) is 51.9 Å². The van der Waals surface area contributed by atoms with E-state index in [0.29, 0.717) is 0 Å². The van der Waals surface area contributed by atoms with Crippen LogP contribution in [0.3, 0.4) is 0 Å². The van der Waals surface area contributed by atoms with Crippen LogP contribution in [0.4, 0.5) is 0 Å². The molecular weight excluding hydrogens is 535 g/mol. The molecule has 190 valence electrons. The van der Waals surface area contributed by atoms with Crippen LogP contribution in [-0.2, 0) is 0 Å². The van der Waals surface area contributed by atoms with Crippen molar-refractivity contribution in [3.63, 3.8) is 0 Å². The zero-order valence-electron chi connectivity index (χ0n) is 21.9. The molecule has 0 aliphatic heterocycles. The molecule has 0 spiro atoms. The van der Waals surface area contributed by atoms with Crippen molar-refractivity contribution in [1.29, 1.82) is 0 Å². The van der Waals surface area contributed by atoms with Gasteiger partial charge in [-0.1, -0.05) is 0 Å². The van der Waals surface area contributed by atoms with Crippen molar-refractivity contribution in [3.05, 3.63) is 69.6 Å². The molecule has 0 aromatic carbocycles. The third-order valence-electron chi connectivity index (χ3n) is 3.72. The van der Waals surface area contributed by atoms with Crippen LogP contribution in [0.2, 0.25) is 0 Å². The first-order valence-electron chi connectivity index (χ1n) is 10.7. The molecule has 0 bridgehead atoms. The molecule has 5 rings (SSSR count). The summed E-state index contributed by atoms with van der Waals surface area (Å²) in [7, 11) is 0. The summed E-state index contributed by atoms with van der Waals surface area (Å²) in [4.78, 5) is 14.8. The maximum Gasteiger partial charge on any atom is 0.139 e. The summed E-state index contributed by atoms with van der Waals surface area (Å²) >= 11 is 8.04. The molecule has 5 aromatic heterocycles. The Morgan fingerprint density at radius 1 is 0.629 bits per heavy atom. The molecule has 0 aliphatic rings. The van der Waals surface area contributed by atoms with Crippen LogP contribution in [-0.4, -0.2) is 33.9 Å². The minimum Gasteiger partial charge on any atom is -0.250 e. The van der Waals surface area contributed by atoms with Gasteiger partial charge >= 0.3 is 0 Å². The molecule has 5 heterocycles. The van der Waals surface area contributed by atoms with Gasteiger partial charge in [-0.05, 0) is 97.9 Å². The van der Waals surface area contributed by atoms with Gasteiger partial charge in [-0.15, -0.1) is 44.2 Å². The van der Waals surface area contributed by atoms with Crippen LogP contribution in [0.15, 0.2) is 17.8 Å². The van der Waals surface area contributed by atoms with Crippen molar-refractivity contribution in [2.24, 2.45) is 0 Å². The van der Waals surface area contributed by atoms with E-state index in [-0.39, 0.29) is 0 Å². The summed E-state index contributed by atoms with van der Waals surface area (Å²) in [5.41, 5.74) is 2.42. The van der Waals surface area contributed by atoms with E-state index in [1.165, 1.54) is 26.9 Å². The number of thiazole rings is 2. The Labute approximate surface area is 228 Å². The first kappa shape index (κ1) is 31.0. The topological polar surface area (TPSA) is 90.2 Å². The molecular formula is C23H33N7S5. The van der Waals surface area contributed by atoms with Gasteiger partial charge in [0.05, 0.1) is 10.0 Å². The summed E-state index contributed by atoms with van der Waals surface area (Å²) in [6, 6.07) is 0. The number of nitrogens with zero attached hydrogens (tertiary/aromatic N) is 7. The van der Waals surface area contributed by atoms with Crippen molar-refractivity contribution < 1.29 is 0 Å². The number of aromatic nitrogens is 7. The van der Waals surface area contributed by atoms with Crippen LogP contribution in [0, 0.1) is 69.2 Å². The van der Waals surface area contributed by atoms with Crippen LogP contribution >= 0.6 is 57.1 Å². The van der Waals surface area contributed by atoms with Gasteiger partial charge in [0.25, 0.3) is 0 Å². The third kappa shape index (κ3) is 14.9. The van der Waals surface area contributed by atoms with E-state index < -0.39 is 0 Å². The lowest BCUT2D eigenvalue weighted by molar-refractivity contribution is 1.02. The summed E-state index contributed by atoms with van der Waals surface area (Å²) < 4.78 is 7.91. The van der Waals surface area contributed by atoms with Gasteiger partial charge in [-0.3, -0.25) is 0 Å². The normalized spacial score (nSPS) is 9.43. The van der Waals surface area contributed by atoms with E-state index in [1.54, 1.807) is 45.5 Å². The SMILES string of the molecule is Cc1cnc(C)s1.Cc1cnsc1C.Cc1csc(C)n1.Cc1nnc(C)s1.Cc1nsc(C)n1. The molecule has 5 aromatic rings. The molecule has 12 heteroatoms. The Hall–Kier alpha value is -1.99. The van der Waals surface area contributed by atoms with Crippen molar-refractivity contribution in [3.8, 4) is 0 Å². The van der Waals surface area contributed by atoms with Crippen LogP contribution < -0.4 is 0 Å². The molecule has 0 radical (unpaired) electrons. The predicted molar refractivity (Wildman–Crippen MR) is 154 cm³/mol. The van der Waals surface area contributed by atoms with Crippen molar-refractivity contribution in [2.45, 2.75) is 69.2 Å². The van der Waals surface area contributed by atoms with Gasteiger partial charge in [0.2, 0.25) is 0 Å². The van der Waals surface area contributed by atoms with E-state index in [0.717, 1.165) is 36.6 Å². The fraction of sp³-hybridized carbons (Fsp3) is 0.435. The molecule has 0 amide bonds. The average Bonchev–Trinajstić information content (AvgIpc) is 3.60. The maximum absolute atomic E-state index is 4.13. The standard InChI is InChI=1S/3C5H7NS.2C4H6N2S/c1-4-3-7-5(2)6-4;1-4-3-6-5(2)7-4;1-4-3-6-7-5(4)2;1-3-5-6-4(2)7-3;1-3-5-4(2)7-6-3/h3*3H,1-2H3;2*1-2H3. The van der Waals surface area contributed by atoms with Gasteiger partial charge in [0, 0.05) is 33.2 Å². The lowest BCUT2D eigenvalue weighted by Gasteiger charge is -1.77. The minimum atomic E-state index is 0.877. The lowest BCUT2D eigenvalue weighted by atomic mass is 10.3. The third-order valence-corrected chi connectivity index (χ3v) is 7.71. The molecule has 0 saturated heterocycles. The summed E-state index contributed by atoms with van der Waals surface area (Å²) in [6.07, 6.45) is 3.78. The van der Waals surface area contributed by atoms with E-state index in [9.17, 15) is 0 Å². The summed E-state index contributed by atoms with van der Waals surface area (Å²) in [5.74, 6) is 0.877. The Morgan fingerprint density at radius 2 is 1.29 bits per heavy atom. The quantitative estimate of drug-likeness (QED) is 0.190. The molecule has 7 nitrogen and oxygen atoms in total. The van der Waals surface area contributed by atoms with Crippen molar-refractivity contribution in [2.75, 3.05) is 0 Å². The van der Waals surface area contributed by atoms with Crippen LogP contribution in [0.25, 0.3) is 0 Å². The van der Waals surface area contributed by atoms with Gasteiger partial charge in [0.1, 0.15) is 20.8 Å². The number of hydrogen-bond acceptors (Lipinski definition) is 12. The Morgan fingerprint density at radius 3 is 1.43 bits per heavy atom.